The van der Waals surface area contributed by atoms with Gasteiger partial charge in [0.15, 0.2) is 5.58 Å². The summed E-state index contributed by atoms with van der Waals surface area (Å²) in [4.78, 5) is 4.48. The average Bonchev–Trinajstić information content (AvgIpc) is 2.81. The van der Waals surface area contributed by atoms with E-state index < -0.39 is 5.60 Å². The maximum atomic E-state index is 10.2. The third kappa shape index (κ3) is 2.13. The Hall–Kier alpha value is -2.13. The van der Waals surface area contributed by atoms with Crippen LogP contribution >= 0.6 is 0 Å². The second-order valence-corrected chi connectivity index (χ2v) is 5.09. The van der Waals surface area contributed by atoms with E-state index in [1.165, 1.54) is 0 Å². The molecule has 0 radical (unpaired) electrons. The van der Waals surface area contributed by atoms with E-state index in [2.05, 4.69) is 4.98 Å². The van der Waals surface area contributed by atoms with Gasteiger partial charge in [-0.25, -0.2) is 4.98 Å². The SMILES string of the molecule is CC(C)(O)c1ccccc1-c1nc2ccccc2o1. The molecule has 3 aromatic rings. The van der Waals surface area contributed by atoms with E-state index in [1.807, 2.05) is 48.5 Å². The van der Waals surface area contributed by atoms with Crippen LogP contribution in [0.25, 0.3) is 22.6 Å². The lowest BCUT2D eigenvalue weighted by molar-refractivity contribution is 0.0790. The molecule has 0 saturated heterocycles. The molecule has 19 heavy (non-hydrogen) atoms. The van der Waals surface area contributed by atoms with Crippen LogP contribution in [0.15, 0.2) is 52.9 Å². The van der Waals surface area contributed by atoms with Crippen molar-refractivity contribution in [1.82, 2.24) is 4.98 Å². The molecular weight excluding hydrogens is 238 g/mol. The second-order valence-electron chi connectivity index (χ2n) is 5.09. The molecule has 0 aliphatic carbocycles. The zero-order valence-electron chi connectivity index (χ0n) is 10.9. The van der Waals surface area contributed by atoms with Gasteiger partial charge < -0.3 is 9.52 Å². The fourth-order valence-electron chi connectivity index (χ4n) is 2.19. The Kier molecular flexibility index (Phi) is 2.64. The van der Waals surface area contributed by atoms with Crippen LogP contribution in [0, 0.1) is 0 Å². The molecule has 0 aliphatic heterocycles. The van der Waals surface area contributed by atoms with E-state index in [-0.39, 0.29) is 0 Å². The molecule has 0 spiro atoms. The molecule has 0 amide bonds. The van der Waals surface area contributed by atoms with E-state index in [1.54, 1.807) is 13.8 Å². The van der Waals surface area contributed by atoms with Crippen LogP contribution in [-0.2, 0) is 5.60 Å². The van der Waals surface area contributed by atoms with Crippen molar-refractivity contribution in [3.63, 3.8) is 0 Å². The third-order valence-electron chi connectivity index (χ3n) is 3.11. The summed E-state index contributed by atoms with van der Waals surface area (Å²) in [5.41, 5.74) is 2.27. The van der Waals surface area contributed by atoms with Crippen molar-refractivity contribution in [1.29, 1.82) is 0 Å². The second kappa shape index (κ2) is 4.21. The number of benzene rings is 2. The molecule has 3 nitrogen and oxygen atoms in total. The quantitative estimate of drug-likeness (QED) is 0.757. The van der Waals surface area contributed by atoms with E-state index in [0.717, 1.165) is 22.2 Å². The molecule has 3 heteroatoms. The van der Waals surface area contributed by atoms with Crippen LogP contribution < -0.4 is 0 Å². The van der Waals surface area contributed by atoms with Crippen molar-refractivity contribution in [3.8, 4) is 11.5 Å². The number of nitrogens with zero attached hydrogens (tertiary/aromatic N) is 1. The first-order chi connectivity index (χ1) is 9.05. The monoisotopic (exact) mass is 253 g/mol. The lowest BCUT2D eigenvalue weighted by Crippen LogP contribution is -2.16. The summed E-state index contributed by atoms with van der Waals surface area (Å²) in [5.74, 6) is 0.541. The highest BCUT2D eigenvalue weighted by atomic mass is 16.3. The van der Waals surface area contributed by atoms with Crippen molar-refractivity contribution in [2.24, 2.45) is 0 Å². The Morgan fingerprint density at radius 3 is 2.42 bits per heavy atom. The van der Waals surface area contributed by atoms with Crippen molar-refractivity contribution in [2.45, 2.75) is 19.4 Å². The van der Waals surface area contributed by atoms with Gasteiger partial charge in [-0.1, -0.05) is 30.3 Å². The Morgan fingerprint density at radius 2 is 1.68 bits per heavy atom. The van der Waals surface area contributed by atoms with Gasteiger partial charge in [0.2, 0.25) is 5.89 Å². The smallest absolute Gasteiger partial charge is 0.227 e. The normalized spacial score (nSPS) is 11.9. The zero-order valence-corrected chi connectivity index (χ0v) is 10.9. The maximum absolute atomic E-state index is 10.2. The molecule has 0 saturated carbocycles. The largest absolute Gasteiger partial charge is 0.436 e. The van der Waals surface area contributed by atoms with E-state index >= 15 is 0 Å². The molecule has 0 fully saturated rings. The van der Waals surface area contributed by atoms with Gasteiger partial charge in [-0.05, 0) is 37.6 Å². The number of aliphatic hydroxyl groups is 1. The first-order valence-corrected chi connectivity index (χ1v) is 6.23. The van der Waals surface area contributed by atoms with Gasteiger partial charge in [0.1, 0.15) is 5.52 Å². The Morgan fingerprint density at radius 1 is 1.00 bits per heavy atom. The molecule has 0 aliphatic rings. The van der Waals surface area contributed by atoms with Crippen LogP contribution in [0.2, 0.25) is 0 Å². The third-order valence-corrected chi connectivity index (χ3v) is 3.11. The predicted octanol–water partition coefficient (Wildman–Crippen LogP) is 3.72. The zero-order chi connectivity index (χ0) is 13.5. The summed E-state index contributed by atoms with van der Waals surface area (Å²) in [6.07, 6.45) is 0. The minimum Gasteiger partial charge on any atom is -0.436 e. The van der Waals surface area contributed by atoms with Crippen LogP contribution in [0.1, 0.15) is 19.4 Å². The predicted molar refractivity (Wildman–Crippen MR) is 74.7 cm³/mol. The lowest BCUT2D eigenvalue weighted by Gasteiger charge is -2.20. The van der Waals surface area contributed by atoms with Gasteiger partial charge >= 0.3 is 0 Å². The molecule has 0 atom stereocenters. The van der Waals surface area contributed by atoms with Crippen molar-refractivity contribution < 1.29 is 9.52 Å². The van der Waals surface area contributed by atoms with Gasteiger partial charge in [-0.3, -0.25) is 0 Å². The summed E-state index contributed by atoms with van der Waals surface area (Å²) in [6.45, 7) is 3.52. The summed E-state index contributed by atoms with van der Waals surface area (Å²) in [6, 6.07) is 15.3. The van der Waals surface area contributed by atoms with Gasteiger partial charge in [0.05, 0.1) is 5.60 Å². The summed E-state index contributed by atoms with van der Waals surface area (Å²) >= 11 is 0. The summed E-state index contributed by atoms with van der Waals surface area (Å²) < 4.78 is 5.77. The molecular formula is C16H15NO2. The van der Waals surface area contributed by atoms with Gasteiger partial charge in [-0.2, -0.15) is 0 Å². The standard InChI is InChI=1S/C16H15NO2/c1-16(2,18)12-8-4-3-7-11(12)15-17-13-9-5-6-10-14(13)19-15/h3-10,18H,1-2H3. The van der Waals surface area contributed by atoms with Crippen LogP contribution in [0.4, 0.5) is 0 Å². The van der Waals surface area contributed by atoms with E-state index in [9.17, 15) is 5.11 Å². The Bertz CT molecular complexity index is 690. The Balaban J connectivity index is 2.22. The van der Waals surface area contributed by atoms with E-state index in [4.69, 9.17) is 4.42 Å². The topological polar surface area (TPSA) is 46.3 Å². The van der Waals surface area contributed by atoms with Crippen molar-refractivity contribution in [3.05, 3.63) is 54.1 Å². The number of hydrogen-bond donors (Lipinski definition) is 1. The molecule has 0 bridgehead atoms. The molecule has 2 aromatic carbocycles. The van der Waals surface area contributed by atoms with Crippen LogP contribution in [0.3, 0.4) is 0 Å². The number of para-hydroxylation sites is 2. The summed E-state index contributed by atoms with van der Waals surface area (Å²) in [7, 11) is 0. The minimum atomic E-state index is -0.933. The van der Waals surface area contributed by atoms with Gasteiger partial charge in [0.25, 0.3) is 0 Å². The highest BCUT2D eigenvalue weighted by Crippen LogP contribution is 2.32. The van der Waals surface area contributed by atoms with Gasteiger partial charge in [0, 0.05) is 5.56 Å². The number of hydrogen-bond acceptors (Lipinski definition) is 3. The fourth-order valence-corrected chi connectivity index (χ4v) is 2.19. The number of aromatic nitrogens is 1. The molecule has 3 rings (SSSR count). The van der Waals surface area contributed by atoms with E-state index in [0.29, 0.717) is 5.89 Å². The highest BCUT2D eigenvalue weighted by molar-refractivity contribution is 5.76. The molecule has 1 heterocycles. The first-order valence-electron chi connectivity index (χ1n) is 6.23. The fraction of sp³-hybridized carbons (Fsp3) is 0.188. The average molecular weight is 253 g/mol. The molecule has 96 valence electrons. The number of fused-ring (bicyclic) bond motifs is 1. The van der Waals surface area contributed by atoms with Crippen molar-refractivity contribution in [2.75, 3.05) is 0 Å². The lowest BCUT2D eigenvalue weighted by atomic mass is 9.93. The van der Waals surface area contributed by atoms with Crippen LogP contribution in [0.5, 0.6) is 0 Å². The maximum Gasteiger partial charge on any atom is 0.227 e. The Labute approximate surface area is 111 Å². The van der Waals surface area contributed by atoms with Crippen LogP contribution in [-0.4, -0.2) is 10.1 Å². The number of oxazole rings is 1. The van der Waals surface area contributed by atoms with Crippen molar-refractivity contribution >= 4 is 11.1 Å². The summed E-state index contributed by atoms with van der Waals surface area (Å²) in [5, 5.41) is 10.2. The highest BCUT2D eigenvalue weighted by Gasteiger charge is 2.22. The first kappa shape index (κ1) is 11.9. The molecule has 1 aromatic heterocycles. The molecule has 0 unspecified atom stereocenters. The molecule has 1 N–H and O–H groups in total. The van der Waals surface area contributed by atoms with Gasteiger partial charge in [-0.15, -0.1) is 0 Å². The minimum absolute atomic E-state index is 0.541. The number of rotatable bonds is 2.